The lowest BCUT2D eigenvalue weighted by Gasteiger charge is -2.24. The molecule has 0 saturated heterocycles. The number of nitrogens with zero attached hydrogens (tertiary/aromatic N) is 3. The van der Waals surface area contributed by atoms with E-state index >= 15 is 0 Å². The average Bonchev–Trinajstić information content (AvgIpc) is 2.75. The first-order chi connectivity index (χ1) is 8.76. The fraction of sp³-hybridized carbons (Fsp3) is 0.769. The Labute approximate surface area is 113 Å². The molecular formula is C13H23N3O3. The Hall–Kier alpha value is -1.43. The van der Waals surface area contributed by atoms with Crippen LogP contribution in [0.25, 0.3) is 0 Å². The average molecular weight is 269 g/mol. The van der Waals surface area contributed by atoms with Gasteiger partial charge in [0.2, 0.25) is 0 Å². The van der Waals surface area contributed by atoms with E-state index in [9.17, 15) is 9.90 Å². The van der Waals surface area contributed by atoms with Crippen molar-refractivity contribution in [3.05, 3.63) is 12.2 Å². The molecule has 0 spiro atoms. The molecule has 6 heteroatoms. The van der Waals surface area contributed by atoms with Crippen LogP contribution in [0, 0.1) is 0 Å². The van der Waals surface area contributed by atoms with E-state index in [0.29, 0.717) is 5.82 Å². The van der Waals surface area contributed by atoms with E-state index in [-0.39, 0.29) is 18.1 Å². The number of rotatable bonds is 6. The molecule has 1 aromatic heterocycles. The molecule has 1 N–H and O–H groups in total. The largest absolute Gasteiger partial charge is 0.480 e. The predicted octanol–water partition coefficient (Wildman–Crippen LogP) is 2.23. The van der Waals surface area contributed by atoms with Crippen molar-refractivity contribution >= 4 is 5.97 Å². The van der Waals surface area contributed by atoms with Crippen LogP contribution in [0.4, 0.5) is 0 Å². The van der Waals surface area contributed by atoms with Gasteiger partial charge in [0.25, 0.3) is 0 Å². The number of ether oxygens (including phenoxy) is 1. The third-order valence-corrected chi connectivity index (χ3v) is 2.95. The minimum atomic E-state index is -0.936. The molecule has 0 aromatic carbocycles. The normalized spacial score (nSPS) is 15.2. The Morgan fingerprint density at radius 3 is 2.63 bits per heavy atom. The van der Waals surface area contributed by atoms with Crippen molar-refractivity contribution < 1.29 is 14.6 Å². The van der Waals surface area contributed by atoms with E-state index < -0.39 is 12.0 Å². The molecule has 19 heavy (non-hydrogen) atoms. The van der Waals surface area contributed by atoms with E-state index in [1.54, 1.807) is 4.57 Å². The Morgan fingerprint density at radius 1 is 1.53 bits per heavy atom. The van der Waals surface area contributed by atoms with Crippen molar-refractivity contribution in [2.75, 3.05) is 6.61 Å². The standard InChI is InChI=1S/C13H23N3O3/c1-6-9(2)11-15-14-8-16(11)10(12(17)18)7-19-13(3,4)5/h8-10H,6-7H2,1-5H3,(H,17,18). The van der Waals surface area contributed by atoms with Gasteiger partial charge in [0.15, 0.2) is 6.04 Å². The highest BCUT2D eigenvalue weighted by Crippen LogP contribution is 2.21. The zero-order valence-electron chi connectivity index (χ0n) is 12.3. The molecule has 6 nitrogen and oxygen atoms in total. The van der Waals surface area contributed by atoms with Crippen molar-refractivity contribution in [1.82, 2.24) is 14.8 Å². The summed E-state index contributed by atoms with van der Waals surface area (Å²) in [5, 5.41) is 17.2. The number of aromatic nitrogens is 3. The molecule has 0 bridgehead atoms. The summed E-state index contributed by atoms with van der Waals surface area (Å²) in [5.74, 6) is -0.0833. The smallest absolute Gasteiger partial charge is 0.329 e. The highest BCUT2D eigenvalue weighted by atomic mass is 16.5. The van der Waals surface area contributed by atoms with Crippen molar-refractivity contribution in [3.8, 4) is 0 Å². The van der Waals surface area contributed by atoms with Crippen molar-refractivity contribution in [2.45, 2.75) is 58.6 Å². The second-order valence-corrected chi connectivity index (χ2v) is 5.68. The summed E-state index contributed by atoms with van der Waals surface area (Å²) in [6.07, 6.45) is 2.34. The molecule has 0 saturated carbocycles. The van der Waals surface area contributed by atoms with Gasteiger partial charge in [0.1, 0.15) is 12.2 Å². The molecular weight excluding hydrogens is 246 g/mol. The highest BCUT2D eigenvalue weighted by Gasteiger charge is 2.26. The van der Waals surface area contributed by atoms with Gasteiger partial charge in [0.05, 0.1) is 12.2 Å². The van der Waals surface area contributed by atoms with Gasteiger partial charge < -0.3 is 14.4 Å². The van der Waals surface area contributed by atoms with E-state index in [2.05, 4.69) is 10.2 Å². The third-order valence-electron chi connectivity index (χ3n) is 2.95. The number of hydrogen-bond acceptors (Lipinski definition) is 4. The fourth-order valence-electron chi connectivity index (χ4n) is 1.63. The minimum absolute atomic E-state index is 0.0975. The predicted molar refractivity (Wildman–Crippen MR) is 71.1 cm³/mol. The van der Waals surface area contributed by atoms with Gasteiger partial charge in [0, 0.05) is 5.92 Å². The molecule has 108 valence electrons. The molecule has 0 aliphatic carbocycles. The lowest BCUT2D eigenvalue weighted by Crippen LogP contribution is -2.30. The molecule has 1 heterocycles. The first kappa shape index (κ1) is 15.6. The Morgan fingerprint density at radius 2 is 2.16 bits per heavy atom. The Bertz CT molecular complexity index is 423. The van der Waals surface area contributed by atoms with Crippen molar-refractivity contribution in [1.29, 1.82) is 0 Å². The maximum Gasteiger partial charge on any atom is 0.329 e. The van der Waals surface area contributed by atoms with Gasteiger partial charge in [-0.3, -0.25) is 0 Å². The van der Waals surface area contributed by atoms with Crippen molar-refractivity contribution in [3.63, 3.8) is 0 Å². The summed E-state index contributed by atoms with van der Waals surface area (Å²) in [6, 6.07) is -0.793. The van der Waals surface area contributed by atoms with Gasteiger partial charge >= 0.3 is 5.97 Å². The maximum absolute atomic E-state index is 11.4. The summed E-state index contributed by atoms with van der Waals surface area (Å²) in [7, 11) is 0. The van der Waals surface area contributed by atoms with Crippen LogP contribution in [0.3, 0.4) is 0 Å². The van der Waals surface area contributed by atoms with Crippen LogP contribution in [0.15, 0.2) is 6.33 Å². The van der Waals surface area contributed by atoms with Gasteiger partial charge in [-0.25, -0.2) is 4.79 Å². The van der Waals surface area contributed by atoms with Crippen LogP contribution in [-0.4, -0.2) is 38.0 Å². The molecule has 0 radical (unpaired) electrons. The number of carboxylic acids is 1. The number of carboxylic acid groups (broad SMARTS) is 1. The SMILES string of the molecule is CCC(C)c1nncn1C(COC(C)(C)C)C(=O)O. The molecule has 0 aliphatic heterocycles. The molecule has 0 aliphatic rings. The fourth-order valence-corrected chi connectivity index (χ4v) is 1.63. The van der Waals surface area contributed by atoms with Gasteiger partial charge in [-0.15, -0.1) is 10.2 Å². The van der Waals surface area contributed by atoms with E-state index in [1.165, 1.54) is 6.33 Å². The third kappa shape index (κ3) is 4.31. The van der Waals surface area contributed by atoms with Crippen LogP contribution >= 0.6 is 0 Å². The zero-order valence-corrected chi connectivity index (χ0v) is 12.3. The monoisotopic (exact) mass is 269 g/mol. The quantitative estimate of drug-likeness (QED) is 0.857. The summed E-state index contributed by atoms with van der Waals surface area (Å²) in [5.41, 5.74) is -0.377. The zero-order chi connectivity index (χ0) is 14.6. The minimum Gasteiger partial charge on any atom is -0.480 e. The highest BCUT2D eigenvalue weighted by molar-refractivity contribution is 5.72. The summed E-state index contributed by atoms with van der Waals surface area (Å²) >= 11 is 0. The first-order valence-electron chi connectivity index (χ1n) is 6.52. The number of carbonyl (C=O) groups is 1. The maximum atomic E-state index is 11.4. The van der Waals surface area contributed by atoms with Crippen LogP contribution in [0.1, 0.15) is 58.8 Å². The number of aliphatic carboxylic acids is 1. The Kier molecular flexibility index (Phi) is 5.05. The van der Waals surface area contributed by atoms with Crippen molar-refractivity contribution in [2.24, 2.45) is 0 Å². The van der Waals surface area contributed by atoms with Crippen LogP contribution < -0.4 is 0 Å². The van der Waals surface area contributed by atoms with Gasteiger partial charge in [-0.05, 0) is 27.2 Å². The van der Waals surface area contributed by atoms with E-state index in [4.69, 9.17) is 4.74 Å². The second kappa shape index (κ2) is 6.14. The summed E-state index contributed by atoms with van der Waals surface area (Å²) in [6.45, 7) is 9.82. The van der Waals surface area contributed by atoms with E-state index in [0.717, 1.165) is 6.42 Å². The lowest BCUT2D eigenvalue weighted by atomic mass is 10.1. The molecule has 0 fully saturated rings. The second-order valence-electron chi connectivity index (χ2n) is 5.68. The Balaban J connectivity index is 2.94. The van der Waals surface area contributed by atoms with Crippen LogP contribution in [-0.2, 0) is 9.53 Å². The lowest BCUT2D eigenvalue weighted by molar-refractivity contribution is -0.144. The first-order valence-corrected chi connectivity index (χ1v) is 6.52. The van der Waals surface area contributed by atoms with Gasteiger partial charge in [-0.1, -0.05) is 13.8 Å². The molecule has 0 amide bonds. The molecule has 1 aromatic rings. The van der Waals surface area contributed by atoms with Crippen LogP contribution in [0.5, 0.6) is 0 Å². The topological polar surface area (TPSA) is 77.2 Å². The number of hydrogen-bond donors (Lipinski definition) is 1. The van der Waals surface area contributed by atoms with Crippen LogP contribution in [0.2, 0.25) is 0 Å². The molecule has 1 rings (SSSR count). The molecule has 2 unspecified atom stereocenters. The van der Waals surface area contributed by atoms with E-state index in [1.807, 2.05) is 34.6 Å². The summed E-state index contributed by atoms with van der Waals surface area (Å²) in [4.78, 5) is 11.4. The van der Waals surface area contributed by atoms with Gasteiger partial charge in [-0.2, -0.15) is 0 Å². The molecule has 2 atom stereocenters. The summed E-state index contributed by atoms with van der Waals surface area (Å²) < 4.78 is 7.19.